The summed E-state index contributed by atoms with van der Waals surface area (Å²) in [6, 6.07) is 15.4. The largest absolute Gasteiger partial charge is 0.378 e. The van der Waals surface area contributed by atoms with Gasteiger partial charge >= 0.3 is 0 Å². The molecule has 0 aliphatic rings. The molecule has 0 aliphatic carbocycles. The van der Waals surface area contributed by atoms with Gasteiger partial charge in [-0.25, -0.2) is 0 Å². The van der Waals surface area contributed by atoms with Crippen molar-refractivity contribution >= 4 is 23.2 Å². The summed E-state index contributed by atoms with van der Waals surface area (Å²) in [6.07, 6.45) is -0.193. The van der Waals surface area contributed by atoms with E-state index < -0.39 is 0 Å². The number of nitrogens with zero attached hydrogens (tertiary/aromatic N) is 1. The number of hydrogen-bond acceptors (Lipinski definition) is 3. The van der Waals surface area contributed by atoms with Gasteiger partial charge in [-0.15, -0.1) is 0 Å². The van der Waals surface area contributed by atoms with Crippen LogP contribution in [0.2, 0.25) is 0 Å². The average Bonchev–Trinajstić information content (AvgIpc) is 2.54. The molecule has 0 spiro atoms. The minimum absolute atomic E-state index is 0.193. The summed E-state index contributed by atoms with van der Waals surface area (Å²) >= 11 is 0. The number of aryl methyl sites for hydroxylation is 1. The SMILES string of the molecule is Cc1ccc(CNC(=O)CC(=O)Nc2ccc(N(C)C)cc2)cc1. The van der Waals surface area contributed by atoms with Crippen molar-refractivity contribution in [3.63, 3.8) is 0 Å². The van der Waals surface area contributed by atoms with Crippen LogP contribution in [-0.4, -0.2) is 25.9 Å². The van der Waals surface area contributed by atoms with Crippen LogP contribution in [0.3, 0.4) is 0 Å². The van der Waals surface area contributed by atoms with E-state index in [1.54, 1.807) is 0 Å². The highest BCUT2D eigenvalue weighted by Crippen LogP contribution is 2.15. The molecule has 0 fully saturated rings. The second-order valence-electron chi connectivity index (χ2n) is 5.93. The third kappa shape index (κ3) is 5.43. The fraction of sp³-hybridized carbons (Fsp3) is 0.263. The van der Waals surface area contributed by atoms with Crippen LogP contribution in [0.25, 0.3) is 0 Å². The van der Waals surface area contributed by atoms with Crippen LogP contribution >= 0.6 is 0 Å². The summed E-state index contributed by atoms with van der Waals surface area (Å²) in [5, 5.41) is 5.48. The van der Waals surface area contributed by atoms with Gasteiger partial charge in [-0.1, -0.05) is 29.8 Å². The van der Waals surface area contributed by atoms with Gasteiger partial charge in [-0.3, -0.25) is 9.59 Å². The van der Waals surface area contributed by atoms with E-state index in [0.717, 1.165) is 11.3 Å². The molecule has 2 aromatic carbocycles. The Morgan fingerprint density at radius 3 is 2.12 bits per heavy atom. The molecule has 0 bridgehead atoms. The van der Waals surface area contributed by atoms with Crippen LogP contribution in [0.1, 0.15) is 17.5 Å². The quantitative estimate of drug-likeness (QED) is 0.803. The molecule has 0 atom stereocenters. The van der Waals surface area contributed by atoms with E-state index in [9.17, 15) is 9.59 Å². The highest BCUT2D eigenvalue weighted by Gasteiger charge is 2.09. The maximum absolute atomic E-state index is 11.9. The number of amides is 2. The molecule has 2 rings (SSSR count). The highest BCUT2D eigenvalue weighted by atomic mass is 16.2. The van der Waals surface area contributed by atoms with Crippen LogP contribution in [0.5, 0.6) is 0 Å². The molecule has 0 saturated carbocycles. The zero-order valence-corrected chi connectivity index (χ0v) is 14.3. The second-order valence-corrected chi connectivity index (χ2v) is 5.93. The van der Waals surface area contributed by atoms with Gasteiger partial charge < -0.3 is 15.5 Å². The maximum Gasteiger partial charge on any atom is 0.233 e. The van der Waals surface area contributed by atoms with Gasteiger partial charge in [0.25, 0.3) is 0 Å². The number of benzene rings is 2. The Bertz CT molecular complexity index is 692. The lowest BCUT2D eigenvalue weighted by Crippen LogP contribution is -2.27. The third-order valence-electron chi connectivity index (χ3n) is 3.60. The van der Waals surface area contributed by atoms with Crippen LogP contribution in [0.4, 0.5) is 11.4 Å². The van der Waals surface area contributed by atoms with E-state index in [1.807, 2.05) is 74.4 Å². The molecular formula is C19H23N3O2. The lowest BCUT2D eigenvalue weighted by atomic mass is 10.1. The van der Waals surface area contributed by atoms with E-state index in [-0.39, 0.29) is 18.2 Å². The lowest BCUT2D eigenvalue weighted by Gasteiger charge is -2.13. The predicted molar refractivity (Wildman–Crippen MR) is 97.0 cm³/mol. The van der Waals surface area contributed by atoms with Crippen LogP contribution in [0, 0.1) is 6.92 Å². The number of rotatable bonds is 6. The molecule has 0 unspecified atom stereocenters. The smallest absolute Gasteiger partial charge is 0.233 e. The van der Waals surface area contributed by atoms with Crippen molar-refractivity contribution in [3.05, 3.63) is 59.7 Å². The van der Waals surface area contributed by atoms with E-state index >= 15 is 0 Å². The number of nitrogens with one attached hydrogen (secondary N) is 2. The van der Waals surface area contributed by atoms with Crippen LogP contribution < -0.4 is 15.5 Å². The van der Waals surface area contributed by atoms with Crippen LogP contribution in [0.15, 0.2) is 48.5 Å². The normalized spacial score (nSPS) is 10.1. The molecule has 0 saturated heterocycles. The van der Waals surface area contributed by atoms with Crippen molar-refractivity contribution in [2.24, 2.45) is 0 Å². The minimum Gasteiger partial charge on any atom is -0.378 e. The Hall–Kier alpha value is -2.82. The number of carbonyl (C=O) groups is 2. The predicted octanol–water partition coefficient (Wildman–Crippen LogP) is 2.71. The lowest BCUT2D eigenvalue weighted by molar-refractivity contribution is -0.126. The zero-order chi connectivity index (χ0) is 17.5. The Morgan fingerprint density at radius 1 is 0.917 bits per heavy atom. The molecule has 0 aromatic heterocycles. The Morgan fingerprint density at radius 2 is 1.54 bits per heavy atom. The number of carbonyl (C=O) groups excluding carboxylic acids is 2. The highest BCUT2D eigenvalue weighted by molar-refractivity contribution is 6.03. The molecule has 0 aliphatic heterocycles. The van der Waals surface area contributed by atoms with Crippen molar-refractivity contribution in [3.8, 4) is 0 Å². The Balaban J connectivity index is 1.78. The second kappa shape index (κ2) is 8.15. The van der Waals surface area contributed by atoms with Gasteiger partial charge in [0.05, 0.1) is 0 Å². The average molecular weight is 325 g/mol. The first-order valence-electron chi connectivity index (χ1n) is 7.83. The summed E-state index contributed by atoms with van der Waals surface area (Å²) in [5.41, 5.74) is 3.90. The van der Waals surface area contributed by atoms with Gasteiger partial charge in [0, 0.05) is 32.0 Å². The van der Waals surface area contributed by atoms with Crippen molar-refractivity contribution in [1.29, 1.82) is 0 Å². The summed E-state index contributed by atoms with van der Waals surface area (Å²) in [5.74, 6) is -0.619. The Kier molecular flexibility index (Phi) is 5.95. The van der Waals surface area contributed by atoms with Gasteiger partial charge in [0.2, 0.25) is 11.8 Å². The van der Waals surface area contributed by atoms with Crippen molar-refractivity contribution < 1.29 is 9.59 Å². The number of hydrogen-bond donors (Lipinski definition) is 2. The van der Waals surface area contributed by atoms with E-state index in [2.05, 4.69) is 10.6 Å². The first-order valence-corrected chi connectivity index (χ1v) is 7.83. The Labute approximate surface area is 142 Å². The fourth-order valence-electron chi connectivity index (χ4n) is 2.16. The standard InChI is InChI=1S/C19H23N3O2/c1-14-4-6-15(7-5-14)13-20-18(23)12-19(24)21-16-8-10-17(11-9-16)22(2)3/h4-11H,12-13H2,1-3H3,(H,20,23)(H,21,24). The summed E-state index contributed by atoms with van der Waals surface area (Å²) < 4.78 is 0. The molecule has 126 valence electrons. The molecule has 5 nitrogen and oxygen atoms in total. The summed E-state index contributed by atoms with van der Waals surface area (Å²) in [4.78, 5) is 25.7. The van der Waals surface area contributed by atoms with Crippen molar-refractivity contribution in [1.82, 2.24) is 5.32 Å². The summed E-state index contributed by atoms with van der Waals surface area (Å²) in [7, 11) is 3.90. The fourth-order valence-corrected chi connectivity index (χ4v) is 2.16. The molecule has 2 N–H and O–H groups in total. The monoisotopic (exact) mass is 325 g/mol. The van der Waals surface area contributed by atoms with Crippen LogP contribution in [-0.2, 0) is 16.1 Å². The van der Waals surface area contributed by atoms with Crippen molar-refractivity contribution in [2.75, 3.05) is 24.3 Å². The zero-order valence-electron chi connectivity index (χ0n) is 14.3. The molecule has 0 heterocycles. The minimum atomic E-state index is -0.325. The van der Waals surface area contributed by atoms with E-state index in [4.69, 9.17) is 0 Å². The van der Waals surface area contributed by atoms with Gasteiger partial charge in [-0.2, -0.15) is 0 Å². The number of anilines is 2. The molecule has 2 aromatic rings. The van der Waals surface area contributed by atoms with Gasteiger partial charge in [0.1, 0.15) is 6.42 Å². The first kappa shape index (κ1) is 17.5. The summed E-state index contributed by atoms with van der Waals surface area (Å²) in [6.45, 7) is 2.43. The molecule has 5 heteroatoms. The molecular weight excluding hydrogens is 302 g/mol. The maximum atomic E-state index is 11.9. The third-order valence-corrected chi connectivity index (χ3v) is 3.60. The molecule has 24 heavy (non-hydrogen) atoms. The van der Waals surface area contributed by atoms with Gasteiger partial charge in [0.15, 0.2) is 0 Å². The van der Waals surface area contributed by atoms with E-state index in [1.165, 1.54) is 5.56 Å². The topological polar surface area (TPSA) is 61.4 Å². The first-order chi connectivity index (χ1) is 11.4. The molecule has 2 amide bonds. The van der Waals surface area contributed by atoms with E-state index in [0.29, 0.717) is 12.2 Å². The molecule has 0 radical (unpaired) electrons. The van der Waals surface area contributed by atoms with Crippen molar-refractivity contribution in [2.45, 2.75) is 19.9 Å². The van der Waals surface area contributed by atoms with Gasteiger partial charge in [-0.05, 0) is 36.8 Å².